The fraction of sp³-hybridized carbons (Fsp3) is 0.182. The van der Waals surface area contributed by atoms with Crippen LogP contribution in [0.4, 0.5) is 0 Å². The fourth-order valence-corrected chi connectivity index (χ4v) is 1.70. The molecule has 3 heteroatoms. The van der Waals surface area contributed by atoms with Gasteiger partial charge in [0, 0.05) is 17.4 Å². The molecule has 0 saturated heterocycles. The first-order chi connectivity index (χ1) is 6.81. The van der Waals surface area contributed by atoms with Gasteiger partial charge in [-0.05, 0) is 30.2 Å². The minimum absolute atomic E-state index is 0.806. The summed E-state index contributed by atoms with van der Waals surface area (Å²) < 4.78 is 1.80. The number of aryl methyl sites for hydroxylation is 1. The molecule has 0 aliphatic heterocycles. The van der Waals surface area contributed by atoms with Crippen molar-refractivity contribution < 1.29 is 0 Å². The fourth-order valence-electron chi connectivity index (χ4n) is 1.39. The van der Waals surface area contributed by atoms with Gasteiger partial charge in [-0.25, -0.2) is 4.68 Å². The Morgan fingerprint density at radius 3 is 2.86 bits per heavy atom. The predicted molar refractivity (Wildman–Crippen MR) is 58.0 cm³/mol. The van der Waals surface area contributed by atoms with Crippen LogP contribution in [0.2, 0.25) is 5.02 Å². The van der Waals surface area contributed by atoms with E-state index in [0.717, 1.165) is 17.1 Å². The summed E-state index contributed by atoms with van der Waals surface area (Å²) in [5.74, 6) is 0. The number of rotatable bonds is 2. The summed E-state index contributed by atoms with van der Waals surface area (Å²) in [6.45, 7) is 2.09. The van der Waals surface area contributed by atoms with Gasteiger partial charge in [-0.2, -0.15) is 5.10 Å². The molecule has 0 radical (unpaired) electrons. The van der Waals surface area contributed by atoms with Crippen LogP contribution < -0.4 is 0 Å². The molecule has 2 aromatic rings. The molecule has 1 aromatic carbocycles. The third-order valence-electron chi connectivity index (χ3n) is 2.19. The number of nitrogens with zero attached hydrogens (tertiary/aromatic N) is 2. The van der Waals surface area contributed by atoms with E-state index in [2.05, 4.69) is 12.0 Å². The van der Waals surface area contributed by atoms with Gasteiger partial charge >= 0.3 is 0 Å². The molecule has 0 fully saturated rings. The Bertz CT molecular complexity index is 421. The van der Waals surface area contributed by atoms with Gasteiger partial charge < -0.3 is 0 Å². The molecule has 14 heavy (non-hydrogen) atoms. The first-order valence-electron chi connectivity index (χ1n) is 4.59. The summed E-state index contributed by atoms with van der Waals surface area (Å²) in [5.41, 5.74) is 2.17. The van der Waals surface area contributed by atoms with Crippen LogP contribution >= 0.6 is 11.6 Å². The van der Waals surface area contributed by atoms with Crippen molar-refractivity contribution in [1.29, 1.82) is 0 Å². The Morgan fingerprint density at radius 1 is 1.43 bits per heavy atom. The number of aromatic nitrogens is 2. The molecule has 0 bridgehead atoms. The van der Waals surface area contributed by atoms with Crippen LogP contribution in [0.25, 0.3) is 5.69 Å². The minimum atomic E-state index is 0.806. The Morgan fingerprint density at radius 2 is 2.29 bits per heavy atom. The van der Waals surface area contributed by atoms with E-state index in [1.54, 1.807) is 10.9 Å². The molecule has 0 spiro atoms. The molecule has 2 nitrogen and oxygen atoms in total. The van der Waals surface area contributed by atoms with Crippen LogP contribution in [0.3, 0.4) is 0 Å². The highest BCUT2D eigenvalue weighted by atomic mass is 35.5. The predicted octanol–water partition coefficient (Wildman–Crippen LogP) is 3.09. The standard InChI is InChI=1S/C11H11ClN2/c1-2-9-4-5-10(8-11(9)12)14-7-3-6-13-14/h3-8H,2H2,1H3. The number of hydrogen-bond donors (Lipinski definition) is 0. The topological polar surface area (TPSA) is 17.8 Å². The zero-order valence-electron chi connectivity index (χ0n) is 7.94. The number of hydrogen-bond acceptors (Lipinski definition) is 1. The van der Waals surface area contributed by atoms with Crippen molar-refractivity contribution in [3.63, 3.8) is 0 Å². The van der Waals surface area contributed by atoms with Gasteiger partial charge in [0.2, 0.25) is 0 Å². The second-order valence-electron chi connectivity index (χ2n) is 3.08. The van der Waals surface area contributed by atoms with E-state index in [9.17, 15) is 0 Å². The molecule has 0 aliphatic rings. The van der Waals surface area contributed by atoms with E-state index in [1.807, 2.05) is 30.5 Å². The van der Waals surface area contributed by atoms with E-state index in [-0.39, 0.29) is 0 Å². The Kier molecular flexibility index (Phi) is 2.55. The van der Waals surface area contributed by atoms with Gasteiger partial charge in [-0.1, -0.05) is 24.6 Å². The summed E-state index contributed by atoms with van der Waals surface area (Å²) in [4.78, 5) is 0. The largest absolute Gasteiger partial charge is 0.241 e. The van der Waals surface area contributed by atoms with Crippen LogP contribution in [-0.2, 0) is 6.42 Å². The van der Waals surface area contributed by atoms with Crippen molar-refractivity contribution in [2.45, 2.75) is 13.3 Å². The number of benzene rings is 1. The average Bonchev–Trinajstić information content (AvgIpc) is 2.70. The smallest absolute Gasteiger partial charge is 0.0660 e. The lowest BCUT2D eigenvalue weighted by atomic mass is 10.1. The quantitative estimate of drug-likeness (QED) is 0.739. The Hall–Kier alpha value is -1.28. The lowest BCUT2D eigenvalue weighted by Crippen LogP contribution is -1.94. The van der Waals surface area contributed by atoms with Crippen LogP contribution in [0.15, 0.2) is 36.7 Å². The van der Waals surface area contributed by atoms with Crippen molar-refractivity contribution in [2.75, 3.05) is 0 Å². The van der Waals surface area contributed by atoms with Crippen LogP contribution in [0.5, 0.6) is 0 Å². The van der Waals surface area contributed by atoms with E-state index in [1.165, 1.54) is 5.56 Å². The SMILES string of the molecule is CCc1ccc(-n2cccn2)cc1Cl. The normalized spacial score (nSPS) is 10.4. The van der Waals surface area contributed by atoms with Crippen molar-refractivity contribution in [3.05, 3.63) is 47.2 Å². The summed E-state index contributed by atoms with van der Waals surface area (Å²) in [6, 6.07) is 7.89. The van der Waals surface area contributed by atoms with Gasteiger partial charge in [-0.15, -0.1) is 0 Å². The summed E-state index contributed by atoms with van der Waals surface area (Å²) in [7, 11) is 0. The van der Waals surface area contributed by atoms with Crippen molar-refractivity contribution >= 4 is 11.6 Å². The molecular formula is C11H11ClN2. The second-order valence-corrected chi connectivity index (χ2v) is 3.49. The molecule has 2 rings (SSSR count). The summed E-state index contributed by atoms with van der Waals surface area (Å²) >= 11 is 6.11. The van der Waals surface area contributed by atoms with E-state index < -0.39 is 0 Å². The second kappa shape index (κ2) is 3.84. The minimum Gasteiger partial charge on any atom is -0.241 e. The lowest BCUT2D eigenvalue weighted by molar-refractivity contribution is 0.879. The van der Waals surface area contributed by atoms with Crippen molar-refractivity contribution in [1.82, 2.24) is 9.78 Å². The molecule has 72 valence electrons. The summed E-state index contributed by atoms with van der Waals surface area (Å²) in [6.07, 6.45) is 4.61. The highest BCUT2D eigenvalue weighted by Crippen LogP contribution is 2.20. The molecule has 0 amide bonds. The molecular weight excluding hydrogens is 196 g/mol. The first kappa shape index (κ1) is 9.28. The van der Waals surface area contributed by atoms with Gasteiger partial charge in [-0.3, -0.25) is 0 Å². The van der Waals surface area contributed by atoms with Gasteiger partial charge in [0.05, 0.1) is 5.69 Å². The number of halogens is 1. The molecule has 1 heterocycles. The van der Waals surface area contributed by atoms with E-state index in [0.29, 0.717) is 0 Å². The van der Waals surface area contributed by atoms with Crippen molar-refractivity contribution in [3.8, 4) is 5.69 Å². The van der Waals surface area contributed by atoms with E-state index in [4.69, 9.17) is 11.6 Å². The molecule has 1 aromatic heterocycles. The average molecular weight is 207 g/mol. The van der Waals surface area contributed by atoms with Crippen LogP contribution in [0.1, 0.15) is 12.5 Å². The highest BCUT2D eigenvalue weighted by Gasteiger charge is 2.01. The Balaban J connectivity index is 2.43. The molecule has 0 unspecified atom stereocenters. The lowest BCUT2D eigenvalue weighted by Gasteiger charge is -2.05. The summed E-state index contributed by atoms with van der Waals surface area (Å²) in [5, 5.41) is 4.95. The van der Waals surface area contributed by atoms with Gasteiger partial charge in [0.15, 0.2) is 0 Å². The van der Waals surface area contributed by atoms with Gasteiger partial charge in [0.25, 0.3) is 0 Å². The molecule has 0 N–H and O–H groups in total. The monoisotopic (exact) mass is 206 g/mol. The zero-order valence-corrected chi connectivity index (χ0v) is 8.70. The molecule has 0 atom stereocenters. The molecule has 0 saturated carbocycles. The van der Waals surface area contributed by atoms with Crippen molar-refractivity contribution in [2.24, 2.45) is 0 Å². The van der Waals surface area contributed by atoms with Crippen LogP contribution in [0, 0.1) is 0 Å². The highest BCUT2D eigenvalue weighted by molar-refractivity contribution is 6.31. The zero-order chi connectivity index (χ0) is 9.97. The third kappa shape index (κ3) is 1.66. The van der Waals surface area contributed by atoms with Crippen LogP contribution in [-0.4, -0.2) is 9.78 Å². The molecule has 0 aliphatic carbocycles. The van der Waals surface area contributed by atoms with E-state index >= 15 is 0 Å². The Labute approximate surface area is 88.1 Å². The maximum atomic E-state index is 6.11. The van der Waals surface area contributed by atoms with Gasteiger partial charge in [0.1, 0.15) is 0 Å². The maximum Gasteiger partial charge on any atom is 0.0660 e. The third-order valence-corrected chi connectivity index (χ3v) is 2.54. The maximum absolute atomic E-state index is 6.11. The first-order valence-corrected chi connectivity index (χ1v) is 4.97.